The van der Waals surface area contributed by atoms with Gasteiger partial charge in [-0.3, -0.25) is 4.79 Å². The van der Waals surface area contributed by atoms with Crippen molar-refractivity contribution in [3.05, 3.63) is 23.8 Å². The summed E-state index contributed by atoms with van der Waals surface area (Å²) in [5, 5.41) is 2.67. The molecule has 16 heavy (non-hydrogen) atoms. The number of halogens is 1. The van der Waals surface area contributed by atoms with Crippen molar-refractivity contribution in [1.82, 2.24) is 5.32 Å². The molecule has 0 aromatic heterocycles. The Balaban J connectivity index is 2.75. The Morgan fingerprint density at radius 2 is 2.12 bits per heavy atom. The highest BCUT2D eigenvalue weighted by molar-refractivity contribution is 6.27. The van der Waals surface area contributed by atoms with E-state index in [2.05, 4.69) is 5.32 Å². The van der Waals surface area contributed by atoms with Gasteiger partial charge in [-0.05, 0) is 12.1 Å². The zero-order valence-corrected chi connectivity index (χ0v) is 10.0. The van der Waals surface area contributed by atoms with E-state index in [-0.39, 0.29) is 11.8 Å². The third kappa shape index (κ3) is 3.31. The van der Waals surface area contributed by atoms with E-state index in [0.29, 0.717) is 18.0 Å². The van der Waals surface area contributed by atoms with Gasteiger partial charge in [0.05, 0.1) is 14.2 Å². The Kier molecular flexibility index (Phi) is 4.92. The molecule has 1 N–H and O–H groups in total. The summed E-state index contributed by atoms with van der Waals surface area (Å²) in [6.45, 7) is 0.388. The number of ether oxygens (including phenoxy) is 2. The van der Waals surface area contributed by atoms with Gasteiger partial charge in [0, 0.05) is 18.2 Å². The molecular weight excluding hydrogens is 230 g/mol. The summed E-state index contributed by atoms with van der Waals surface area (Å²) < 4.78 is 10.3. The maximum atomic E-state index is 11.0. The van der Waals surface area contributed by atoms with Gasteiger partial charge in [-0.25, -0.2) is 0 Å². The van der Waals surface area contributed by atoms with Gasteiger partial charge in [0.1, 0.15) is 17.4 Å². The summed E-state index contributed by atoms with van der Waals surface area (Å²) in [7, 11) is 3.16. The maximum Gasteiger partial charge on any atom is 0.235 e. The fourth-order valence-electron chi connectivity index (χ4n) is 1.24. The Hall–Kier alpha value is -1.42. The van der Waals surface area contributed by atoms with Gasteiger partial charge in [0.2, 0.25) is 5.91 Å². The number of hydrogen-bond acceptors (Lipinski definition) is 3. The van der Waals surface area contributed by atoms with Crippen LogP contribution in [0.15, 0.2) is 18.2 Å². The van der Waals surface area contributed by atoms with E-state index in [0.717, 1.165) is 5.56 Å². The fraction of sp³-hybridized carbons (Fsp3) is 0.364. The van der Waals surface area contributed by atoms with Crippen molar-refractivity contribution in [3.8, 4) is 11.5 Å². The molecule has 1 amide bonds. The molecule has 0 radical (unpaired) electrons. The van der Waals surface area contributed by atoms with Crippen LogP contribution in [0.1, 0.15) is 5.56 Å². The average molecular weight is 244 g/mol. The van der Waals surface area contributed by atoms with E-state index < -0.39 is 0 Å². The monoisotopic (exact) mass is 243 g/mol. The summed E-state index contributed by atoms with van der Waals surface area (Å²) in [5.41, 5.74) is 0.877. The molecule has 0 aliphatic heterocycles. The van der Waals surface area contributed by atoms with Crippen LogP contribution in [0.2, 0.25) is 0 Å². The van der Waals surface area contributed by atoms with Crippen LogP contribution < -0.4 is 14.8 Å². The van der Waals surface area contributed by atoms with Crippen LogP contribution in [-0.4, -0.2) is 26.0 Å². The minimum absolute atomic E-state index is 0.0432. The van der Waals surface area contributed by atoms with Crippen molar-refractivity contribution in [2.45, 2.75) is 6.54 Å². The van der Waals surface area contributed by atoms with Crippen molar-refractivity contribution < 1.29 is 14.3 Å². The standard InChI is InChI=1S/C11H14ClNO3/c1-15-9-4-3-8(10(5-9)16-2)7-13-11(14)6-12/h3-5H,6-7H2,1-2H3,(H,13,14). The second kappa shape index (κ2) is 6.23. The molecule has 0 fully saturated rings. The first-order valence-corrected chi connectivity index (χ1v) is 5.28. The molecule has 5 heteroatoms. The number of rotatable bonds is 5. The molecule has 1 aromatic rings. The average Bonchev–Trinajstić information content (AvgIpc) is 2.35. The van der Waals surface area contributed by atoms with Gasteiger partial charge >= 0.3 is 0 Å². The van der Waals surface area contributed by atoms with Crippen molar-refractivity contribution in [2.75, 3.05) is 20.1 Å². The number of carbonyl (C=O) groups excluding carboxylic acids is 1. The number of alkyl halides is 1. The van der Waals surface area contributed by atoms with E-state index in [9.17, 15) is 4.79 Å². The largest absolute Gasteiger partial charge is 0.497 e. The molecule has 0 aliphatic carbocycles. The zero-order valence-electron chi connectivity index (χ0n) is 9.25. The lowest BCUT2D eigenvalue weighted by molar-refractivity contribution is -0.118. The number of amides is 1. The Bertz CT molecular complexity index is 368. The minimum Gasteiger partial charge on any atom is -0.497 e. The zero-order chi connectivity index (χ0) is 12.0. The second-order valence-electron chi connectivity index (χ2n) is 3.09. The lowest BCUT2D eigenvalue weighted by Crippen LogP contribution is -2.23. The summed E-state index contributed by atoms with van der Waals surface area (Å²) in [6, 6.07) is 5.42. The quantitative estimate of drug-likeness (QED) is 0.799. The fourth-order valence-corrected chi connectivity index (χ4v) is 1.33. The third-order valence-electron chi connectivity index (χ3n) is 2.09. The first-order valence-electron chi connectivity index (χ1n) is 4.74. The highest BCUT2D eigenvalue weighted by atomic mass is 35.5. The summed E-state index contributed by atoms with van der Waals surface area (Å²) in [5.74, 6) is 1.14. The summed E-state index contributed by atoms with van der Waals surface area (Å²) in [4.78, 5) is 11.0. The predicted octanol–water partition coefficient (Wildman–Crippen LogP) is 1.56. The van der Waals surface area contributed by atoms with Crippen LogP contribution in [0.4, 0.5) is 0 Å². The molecule has 88 valence electrons. The van der Waals surface area contributed by atoms with Crippen LogP contribution >= 0.6 is 11.6 Å². The van der Waals surface area contributed by atoms with Gasteiger partial charge in [-0.15, -0.1) is 11.6 Å². The molecule has 0 atom stereocenters. The summed E-state index contributed by atoms with van der Waals surface area (Å²) in [6.07, 6.45) is 0. The van der Waals surface area contributed by atoms with Crippen LogP contribution in [0.25, 0.3) is 0 Å². The molecule has 0 saturated carbocycles. The van der Waals surface area contributed by atoms with E-state index in [1.54, 1.807) is 20.3 Å². The van der Waals surface area contributed by atoms with Gasteiger partial charge in [-0.1, -0.05) is 0 Å². The highest BCUT2D eigenvalue weighted by Gasteiger charge is 2.06. The van der Waals surface area contributed by atoms with Crippen LogP contribution in [0, 0.1) is 0 Å². The van der Waals surface area contributed by atoms with E-state index in [1.165, 1.54) is 0 Å². The lowest BCUT2D eigenvalue weighted by Gasteiger charge is -2.10. The van der Waals surface area contributed by atoms with Gasteiger partial charge < -0.3 is 14.8 Å². The van der Waals surface area contributed by atoms with Crippen molar-refractivity contribution in [1.29, 1.82) is 0 Å². The Morgan fingerprint density at radius 1 is 1.38 bits per heavy atom. The minimum atomic E-state index is -0.209. The first-order chi connectivity index (χ1) is 7.71. The van der Waals surface area contributed by atoms with Gasteiger partial charge in [-0.2, -0.15) is 0 Å². The lowest BCUT2D eigenvalue weighted by atomic mass is 10.2. The molecular formula is C11H14ClNO3. The molecule has 1 aromatic carbocycles. The number of carbonyl (C=O) groups is 1. The Labute approximate surface area is 99.5 Å². The van der Waals surface area contributed by atoms with E-state index in [4.69, 9.17) is 21.1 Å². The number of benzene rings is 1. The van der Waals surface area contributed by atoms with Crippen molar-refractivity contribution in [2.24, 2.45) is 0 Å². The maximum absolute atomic E-state index is 11.0. The molecule has 0 heterocycles. The molecule has 4 nitrogen and oxygen atoms in total. The van der Waals surface area contributed by atoms with Gasteiger partial charge in [0.25, 0.3) is 0 Å². The second-order valence-corrected chi connectivity index (χ2v) is 3.36. The number of nitrogens with one attached hydrogen (secondary N) is 1. The van der Waals surface area contributed by atoms with Crippen molar-refractivity contribution in [3.63, 3.8) is 0 Å². The van der Waals surface area contributed by atoms with E-state index >= 15 is 0 Å². The number of hydrogen-bond donors (Lipinski definition) is 1. The van der Waals surface area contributed by atoms with Crippen LogP contribution in [0.5, 0.6) is 11.5 Å². The SMILES string of the molecule is COc1ccc(CNC(=O)CCl)c(OC)c1. The normalized spacial score (nSPS) is 9.69. The molecule has 0 bridgehead atoms. The van der Waals surface area contributed by atoms with Crippen LogP contribution in [-0.2, 0) is 11.3 Å². The van der Waals surface area contributed by atoms with Gasteiger partial charge in [0.15, 0.2) is 0 Å². The molecule has 0 unspecified atom stereocenters. The molecule has 1 rings (SSSR count). The molecule has 0 spiro atoms. The topological polar surface area (TPSA) is 47.6 Å². The number of methoxy groups -OCH3 is 2. The van der Waals surface area contributed by atoms with Crippen molar-refractivity contribution >= 4 is 17.5 Å². The molecule has 0 aliphatic rings. The highest BCUT2D eigenvalue weighted by Crippen LogP contribution is 2.24. The predicted molar refractivity (Wildman–Crippen MR) is 62.1 cm³/mol. The Morgan fingerprint density at radius 3 is 2.69 bits per heavy atom. The third-order valence-corrected chi connectivity index (χ3v) is 2.33. The van der Waals surface area contributed by atoms with Crippen LogP contribution in [0.3, 0.4) is 0 Å². The molecule has 0 saturated heterocycles. The smallest absolute Gasteiger partial charge is 0.235 e. The van der Waals surface area contributed by atoms with E-state index in [1.807, 2.05) is 12.1 Å². The summed E-state index contributed by atoms with van der Waals surface area (Å²) >= 11 is 5.38. The first kappa shape index (κ1) is 12.6.